The van der Waals surface area contributed by atoms with E-state index in [0.717, 1.165) is 37.8 Å². The third-order valence-electron chi connectivity index (χ3n) is 5.94. The van der Waals surface area contributed by atoms with Crippen LogP contribution in [0.3, 0.4) is 0 Å². The largest absolute Gasteiger partial charge is 0.395 e. The van der Waals surface area contributed by atoms with Crippen molar-refractivity contribution in [1.82, 2.24) is 9.47 Å². The van der Waals surface area contributed by atoms with Gasteiger partial charge >= 0.3 is 0 Å². The quantitative estimate of drug-likeness (QED) is 0.457. The zero-order valence-electron chi connectivity index (χ0n) is 16.5. The van der Waals surface area contributed by atoms with Crippen LogP contribution < -0.4 is 0 Å². The molecule has 5 rings (SSSR count). The summed E-state index contributed by atoms with van der Waals surface area (Å²) in [4.78, 5) is 15.0. The van der Waals surface area contributed by atoms with Crippen molar-refractivity contribution < 1.29 is 9.90 Å². The number of aliphatic hydroxyl groups excluding tert-OH is 1. The van der Waals surface area contributed by atoms with E-state index in [1.54, 1.807) is 4.90 Å². The summed E-state index contributed by atoms with van der Waals surface area (Å²) in [6, 6.07) is 24.1. The standard InChI is InChI=1S/C25H21BrN2O2/c1-27-21-9-5-4-8-20(21)22(23(27)16-10-12-17(26)13-11-16)24-18-6-2-3-7-19(18)25(30)28(24)14-15-29/h2-13,24,29H,14-15H2,1H3. The number of aromatic nitrogens is 1. The number of para-hydroxylation sites is 1. The van der Waals surface area contributed by atoms with Crippen molar-refractivity contribution in [2.75, 3.05) is 13.2 Å². The van der Waals surface area contributed by atoms with Gasteiger partial charge in [0.15, 0.2) is 0 Å². The molecule has 1 aliphatic rings. The van der Waals surface area contributed by atoms with Crippen molar-refractivity contribution in [3.8, 4) is 11.3 Å². The molecule has 0 radical (unpaired) electrons. The first-order valence-electron chi connectivity index (χ1n) is 9.96. The Labute approximate surface area is 183 Å². The maximum atomic E-state index is 13.2. The normalized spacial score (nSPS) is 15.8. The van der Waals surface area contributed by atoms with Crippen molar-refractivity contribution in [2.45, 2.75) is 6.04 Å². The molecule has 0 spiro atoms. The second kappa shape index (κ2) is 7.42. The van der Waals surface area contributed by atoms with Crippen molar-refractivity contribution >= 4 is 32.7 Å². The molecule has 0 saturated carbocycles. The van der Waals surface area contributed by atoms with Gasteiger partial charge in [-0.3, -0.25) is 4.79 Å². The van der Waals surface area contributed by atoms with Crippen molar-refractivity contribution in [3.05, 3.63) is 94.0 Å². The number of aliphatic hydroxyl groups is 1. The number of nitrogens with zero attached hydrogens (tertiary/aromatic N) is 2. The Morgan fingerprint density at radius 1 is 0.967 bits per heavy atom. The lowest BCUT2D eigenvalue weighted by Crippen LogP contribution is -2.31. The molecule has 1 atom stereocenters. The Bertz CT molecular complexity index is 1260. The fraction of sp³-hybridized carbons (Fsp3) is 0.160. The highest BCUT2D eigenvalue weighted by atomic mass is 79.9. The number of rotatable bonds is 4. The Morgan fingerprint density at radius 3 is 2.43 bits per heavy atom. The summed E-state index contributed by atoms with van der Waals surface area (Å²) in [6.45, 7) is 0.218. The maximum absolute atomic E-state index is 13.2. The first-order valence-corrected chi connectivity index (χ1v) is 10.7. The van der Waals surface area contributed by atoms with Gasteiger partial charge in [-0.25, -0.2) is 0 Å². The number of carbonyl (C=O) groups is 1. The number of carbonyl (C=O) groups excluding carboxylic acids is 1. The summed E-state index contributed by atoms with van der Waals surface area (Å²) in [7, 11) is 2.07. The van der Waals surface area contributed by atoms with Crippen LogP contribution in [0.1, 0.15) is 27.5 Å². The van der Waals surface area contributed by atoms with Gasteiger partial charge in [-0.15, -0.1) is 0 Å². The molecule has 4 aromatic rings. The van der Waals surface area contributed by atoms with Gasteiger partial charge in [0.25, 0.3) is 5.91 Å². The van der Waals surface area contributed by atoms with Gasteiger partial charge in [-0.2, -0.15) is 0 Å². The fourth-order valence-electron chi connectivity index (χ4n) is 4.68. The van der Waals surface area contributed by atoms with Crippen LogP contribution in [0.25, 0.3) is 22.2 Å². The molecule has 0 aliphatic carbocycles. The number of benzene rings is 3. The average molecular weight is 461 g/mol. The molecule has 3 aromatic carbocycles. The van der Waals surface area contributed by atoms with Crippen molar-refractivity contribution in [3.63, 3.8) is 0 Å². The fourth-order valence-corrected chi connectivity index (χ4v) is 4.94. The molecule has 2 heterocycles. The highest BCUT2D eigenvalue weighted by molar-refractivity contribution is 9.10. The van der Waals surface area contributed by atoms with Gasteiger partial charge in [0.1, 0.15) is 0 Å². The Morgan fingerprint density at radius 2 is 1.67 bits per heavy atom. The van der Waals surface area contributed by atoms with Gasteiger partial charge in [-0.05, 0) is 35.4 Å². The predicted molar refractivity (Wildman–Crippen MR) is 122 cm³/mol. The lowest BCUT2D eigenvalue weighted by atomic mass is 9.93. The molecular weight excluding hydrogens is 440 g/mol. The Kier molecular flexibility index (Phi) is 4.72. The SMILES string of the molecule is Cn1c(-c2ccc(Br)cc2)c(C2c3ccccc3C(=O)N2CCO)c2ccccc21. The van der Waals surface area contributed by atoms with E-state index in [1.807, 2.05) is 48.5 Å². The zero-order valence-corrected chi connectivity index (χ0v) is 18.1. The summed E-state index contributed by atoms with van der Waals surface area (Å²) in [5.74, 6) is -0.0284. The first kappa shape index (κ1) is 19.1. The summed E-state index contributed by atoms with van der Waals surface area (Å²) in [6.07, 6.45) is 0. The molecule has 0 saturated heterocycles. The summed E-state index contributed by atoms with van der Waals surface area (Å²) in [5.41, 5.74) is 6.10. The number of halogens is 1. The van der Waals surface area contributed by atoms with Crippen LogP contribution in [0, 0.1) is 0 Å². The Balaban J connectivity index is 1.85. The van der Waals surface area contributed by atoms with Crippen molar-refractivity contribution in [2.24, 2.45) is 7.05 Å². The van der Waals surface area contributed by atoms with E-state index in [1.165, 1.54) is 0 Å². The topological polar surface area (TPSA) is 45.5 Å². The third-order valence-corrected chi connectivity index (χ3v) is 6.47. The summed E-state index contributed by atoms with van der Waals surface area (Å²) in [5, 5.41) is 10.8. The second-order valence-electron chi connectivity index (χ2n) is 7.56. The number of amides is 1. The average Bonchev–Trinajstić information content (AvgIpc) is 3.21. The molecule has 5 heteroatoms. The van der Waals surface area contributed by atoms with Gasteiger partial charge in [0, 0.05) is 40.1 Å². The molecule has 4 nitrogen and oxygen atoms in total. The predicted octanol–water partition coefficient (Wildman–Crippen LogP) is 5.15. The second-order valence-corrected chi connectivity index (χ2v) is 8.47. The number of fused-ring (bicyclic) bond motifs is 2. The molecule has 150 valence electrons. The van der Waals surface area contributed by atoms with Crippen LogP contribution in [-0.2, 0) is 7.05 Å². The van der Waals surface area contributed by atoms with E-state index in [4.69, 9.17) is 0 Å². The number of hydrogen-bond acceptors (Lipinski definition) is 2. The highest BCUT2D eigenvalue weighted by Gasteiger charge is 2.40. The minimum Gasteiger partial charge on any atom is -0.395 e. The summed E-state index contributed by atoms with van der Waals surface area (Å²) >= 11 is 3.53. The van der Waals surface area contributed by atoms with Gasteiger partial charge in [0.05, 0.1) is 18.3 Å². The van der Waals surface area contributed by atoms with E-state index in [-0.39, 0.29) is 18.6 Å². The van der Waals surface area contributed by atoms with E-state index in [9.17, 15) is 9.90 Å². The van der Waals surface area contributed by atoms with Crippen LogP contribution in [0.2, 0.25) is 0 Å². The monoisotopic (exact) mass is 460 g/mol. The molecule has 1 N–H and O–H groups in total. The molecule has 30 heavy (non-hydrogen) atoms. The van der Waals surface area contributed by atoms with E-state index >= 15 is 0 Å². The first-order chi connectivity index (χ1) is 14.6. The molecule has 0 fully saturated rings. The molecule has 0 bridgehead atoms. The van der Waals surface area contributed by atoms with Gasteiger partial charge < -0.3 is 14.6 Å². The lowest BCUT2D eigenvalue weighted by molar-refractivity contribution is 0.0713. The zero-order chi connectivity index (χ0) is 20.8. The lowest BCUT2D eigenvalue weighted by Gasteiger charge is -2.26. The van der Waals surface area contributed by atoms with E-state index in [2.05, 4.69) is 51.8 Å². The molecular formula is C25H21BrN2O2. The maximum Gasteiger partial charge on any atom is 0.255 e. The van der Waals surface area contributed by atoms with Crippen molar-refractivity contribution in [1.29, 1.82) is 0 Å². The number of hydrogen-bond donors (Lipinski definition) is 1. The highest BCUT2D eigenvalue weighted by Crippen LogP contribution is 2.46. The van der Waals surface area contributed by atoms with Crippen LogP contribution in [-0.4, -0.2) is 33.6 Å². The molecule has 1 aliphatic heterocycles. The van der Waals surface area contributed by atoms with Crippen LogP contribution in [0.4, 0.5) is 0 Å². The van der Waals surface area contributed by atoms with Crippen LogP contribution in [0.15, 0.2) is 77.3 Å². The smallest absolute Gasteiger partial charge is 0.255 e. The number of aryl methyl sites for hydroxylation is 1. The number of β-amino-alcohol motifs (C(OH)–C–C–N with tert-alkyl or cyclic N) is 1. The minimum atomic E-state index is -0.245. The molecule has 1 amide bonds. The third kappa shape index (κ3) is 2.81. The van der Waals surface area contributed by atoms with Gasteiger partial charge in [0.2, 0.25) is 0 Å². The molecule has 1 aromatic heterocycles. The van der Waals surface area contributed by atoms with E-state index in [0.29, 0.717) is 12.1 Å². The van der Waals surface area contributed by atoms with Gasteiger partial charge in [-0.1, -0.05) is 64.5 Å². The summed E-state index contributed by atoms with van der Waals surface area (Å²) < 4.78 is 3.23. The van der Waals surface area contributed by atoms with E-state index < -0.39 is 0 Å². The molecule has 1 unspecified atom stereocenters. The van der Waals surface area contributed by atoms with Crippen LogP contribution >= 0.6 is 15.9 Å². The minimum absolute atomic E-state index is 0.0284. The Hall–Kier alpha value is -2.89. The van der Waals surface area contributed by atoms with Crippen LogP contribution in [0.5, 0.6) is 0 Å².